The van der Waals surface area contributed by atoms with Crippen molar-refractivity contribution in [2.75, 3.05) is 24.9 Å². The summed E-state index contributed by atoms with van der Waals surface area (Å²) in [6.07, 6.45) is -0.660. The van der Waals surface area contributed by atoms with Crippen LogP contribution in [0.4, 0.5) is 5.69 Å². The Hall–Kier alpha value is -2.04. The number of carbonyl (C=O) groups excluding carboxylic acids is 1. The molecule has 1 unspecified atom stereocenters. The Kier molecular flexibility index (Phi) is 5.81. The fourth-order valence-corrected chi connectivity index (χ4v) is 2.29. The molecular formula is C17H18ClNO3. The lowest BCUT2D eigenvalue weighted by Gasteiger charge is -2.17. The van der Waals surface area contributed by atoms with E-state index in [-0.39, 0.29) is 5.88 Å². The molecule has 0 aromatic heterocycles. The van der Waals surface area contributed by atoms with Crippen LogP contribution in [-0.4, -0.2) is 36.7 Å². The van der Waals surface area contributed by atoms with Crippen LogP contribution in [-0.2, 0) is 4.74 Å². The predicted octanol–water partition coefficient (Wildman–Crippen LogP) is 3.15. The van der Waals surface area contributed by atoms with Gasteiger partial charge in [0.15, 0.2) is 0 Å². The third-order valence-corrected chi connectivity index (χ3v) is 3.59. The molecule has 1 atom stereocenters. The number of rotatable bonds is 6. The largest absolute Gasteiger partial charge is 0.465 e. The molecule has 2 N–H and O–H groups in total. The van der Waals surface area contributed by atoms with E-state index in [2.05, 4.69) is 5.32 Å². The van der Waals surface area contributed by atoms with E-state index in [1.165, 1.54) is 7.11 Å². The van der Waals surface area contributed by atoms with E-state index < -0.39 is 12.1 Å². The zero-order valence-corrected chi connectivity index (χ0v) is 13.0. The molecule has 22 heavy (non-hydrogen) atoms. The van der Waals surface area contributed by atoms with Gasteiger partial charge < -0.3 is 15.2 Å². The van der Waals surface area contributed by atoms with E-state index in [9.17, 15) is 9.90 Å². The van der Waals surface area contributed by atoms with Crippen molar-refractivity contribution in [3.8, 4) is 11.1 Å². The molecule has 0 saturated heterocycles. The van der Waals surface area contributed by atoms with Gasteiger partial charge in [0.2, 0.25) is 0 Å². The Labute approximate surface area is 134 Å². The maximum atomic E-state index is 12.0. The highest BCUT2D eigenvalue weighted by Crippen LogP contribution is 2.32. The van der Waals surface area contributed by atoms with Crippen LogP contribution in [0.1, 0.15) is 10.4 Å². The molecule has 0 aliphatic carbocycles. The third-order valence-electron chi connectivity index (χ3n) is 3.24. The molecule has 0 spiro atoms. The molecule has 0 aliphatic rings. The summed E-state index contributed by atoms with van der Waals surface area (Å²) in [6, 6.07) is 14.9. The second-order valence-electron chi connectivity index (χ2n) is 4.77. The number of anilines is 1. The van der Waals surface area contributed by atoms with E-state index in [0.717, 1.165) is 16.8 Å². The summed E-state index contributed by atoms with van der Waals surface area (Å²) in [7, 11) is 1.36. The van der Waals surface area contributed by atoms with Gasteiger partial charge in [-0.1, -0.05) is 36.4 Å². The van der Waals surface area contributed by atoms with Gasteiger partial charge in [0, 0.05) is 17.8 Å². The molecule has 0 radical (unpaired) electrons. The number of hydrogen-bond acceptors (Lipinski definition) is 4. The van der Waals surface area contributed by atoms with E-state index >= 15 is 0 Å². The number of aliphatic hydroxyl groups is 1. The molecule has 0 amide bonds. The van der Waals surface area contributed by atoms with Crippen LogP contribution in [0.15, 0.2) is 48.5 Å². The first-order valence-electron chi connectivity index (χ1n) is 6.92. The normalized spacial score (nSPS) is 11.8. The number of carbonyl (C=O) groups is 1. The van der Waals surface area contributed by atoms with Gasteiger partial charge in [-0.25, -0.2) is 4.79 Å². The van der Waals surface area contributed by atoms with E-state index in [1.54, 1.807) is 12.1 Å². The van der Waals surface area contributed by atoms with Crippen LogP contribution in [0.3, 0.4) is 0 Å². The van der Waals surface area contributed by atoms with Gasteiger partial charge in [-0.15, -0.1) is 11.6 Å². The van der Waals surface area contributed by atoms with E-state index in [4.69, 9.17) is 16.3 Å². The number of ether oxygens (including phenoxy) is 1. The average Bonchev–Trinajstić information content (AvgIpc) is 2.59. The number of benzene rings is 2. The zero-order chi connectivity index (χ0) is 15.9. The highest BCUT2D eigenvalue weighted by atomic mass is 35.5. The molecular weight excluding hydrogens is 302 g/mol. The third kappa shape index (κ3) is 3.78. The zero-order valence-electron chi connectivity index (χ0n) is 12.3. The molecule has 0 saturated carbocycles. The molecule has 2 aromatic carbocycles. The summed E-state index contributed by atoms with van der Waals surface area (Å²) in [4.78, 5) is 12.0. The number of hydrogen-bond donors (Lipinski definition) is 2. The molecule has 0 fully saturated rings. The standard InChI is InChI=1S/C17H18ClNO3/c1-22-17(21)14-8-5-9-15(19-11-13(20)10-18)16(14)12-6-3-2-4-7-12/h2-9,13,19-20H,10-11H2,1H3. The van der Waals surface area contributed by atoms with Crippen molar-refractivity contribution in [2.24, 2.45) is 0 Å². The van der Waals surface area contributed by atoms with Gasteiger partial charge in [0.05, 0.1) is 24.7 Å². The van der Waals surface area contributed by atoms with Gasteiger partial charge in [0.25, 0.3) is 0 Å². The smallest absolute Gasteiger partial charge is 0.338 e. The van der Waals surface area contributed by atoms with Crippen LogP contribution >= 0.6 is 11.6 Å². The van der Waals surface area contributed by atoms with Crippen LogP contribution in [0, 0.1) is 0 Å². The average molecular weight is 320 g/mol. The van der Waals surface area contributed by atoms with Crippen molar-refractivity contribution in [1.29, 1.82) is 0 Å². The lowest BCUT2D eigenvalue weighted by Crippen LogP contribution is -2.21. The van der Waals surface area contributed by atoms with Gasteiger partial charge in [-0.05, 0) is 17.7 Å². The van der Waals surface area contributed by atoms with Crippen LogP contribution in [0.2, 0.25) is 0 Å². The summed E-state index contributed by atoms with van der Waals surface area (Å²) in [5, 5.41) is 12.8. The van der Waals surface area contributed by atoms with E-state index in [1.807, 2.05) is 36.4 Å². The second kappa shape index (κ2) is 7.82. The fraction of sp³-hybridized carbons (Fsp3) is 0.235. The van der Waals surface area contributed by atoms with Crippen molar-refractivity contribution in [1.82, 2.24) is 0 Å². The summed E-state index contributed by atoms with van der Waals surface area (Å²) in [6.45, 7) is 0.300. The quantitative estimate of drug-likeness (QED) is 0.634. The number of methoxy groups -OCH3 is 1. The molecule has 0 aliphatic heterocycles. The fourth-order valence-electron chi connectivity index (χ4n) is 2.18. The maximum absolute atomic E-state index is 12.0. The Bertz CT molecular complexity index is 631. The van der Waals surface area contributed by atoms with E-state index in [0.29, 0.717) is 12.1 Å². The first-order valence-corrected chi connectivity index (χ1v) is 7.45. The Morgan fingerprint density at radius 2 is 1.95 bits per heavy atom. The van der Waals surface area contributed by atoms with Gasteiger partial charge in [-0.2, -0.15) is 0 Å². The first-order chi connectivity index (χ1) is 10.7. The van der Waals surface area contributed by atoms with Crippen molar-refractivity contribution in [2.45, 2.75) is 6.10 Å². The highest BCUT2D eigenvalue weighted by Gasteiger charge is 2.17. The molecule has 2 rings (SSSR count). The molecule has 2 aromatic rings. The van der Waals surface area contributed by atoms with Crippen molar-refractivity contribution >= 4 is 23.3 Å². The molecule has 0 bridgehead atoms. The first kappa shape index (κ1) is 16.3. The van der Waals surface area contributed by atoms with Gasteiger partial charge in [0.1, 0.15) is 0 Å². The van der Waals surface area contributed by atoms with Crippen molar-refractivity contribution in [3.05, 3.63) is 54.1 Å². The minimum Gasteiger partial charge on any atom is -0.465 e. The van der Waals surface area contributed by atoms with Gasteiger partial charge >= 0.3 is 5.97 Å². The minimum absolute atomic E-state index is 0.143. The second-order valence-corrected chi connectivity index (χ2v) is 5.08. The minimum atomic E-state index is -0.660. The monoisotopic (exact) mass is 319 g/mol. The number of esters is 1. The van der Waals surface area contributed by atoms with Crippen molar-refractivity contribution in [3.63, 3.8) is 0 Å². The SMILES string of the molecule is COC(=O)c1cccc(NCC(O)CCl)c1-c1ccccc1. The maximum Gasteiger partial charge on any atom is 0.338 e. The summed E-state index contributed by atoms with van der Waals surface area (Å²) < 4.78 is 4.86. The predicted molar refractivity (Wildman–Crippen MR) is 88.4 cm³/mol. The van der Waals surface area contributed by atoms with Crippen LogP contribution in [0.5, 0.6) is 0 Å². The summed E-state index contributed by atoms with van der Waals surface area (Å²) in [5.41, 5.74) is 2.86. The molecule has 116 valence electrons. The summed E-state index contributed by atoms with van der Waals surface area (Å²) >= 11 is 5.62. The number of nitrogens with one attached hydrogen (secondary N) is 1. The van der Waals surface area contributed by atoms with Crippen molar-refractivity contribution < 1.29 is 14.6 Å². The molecule has 0 heterocycles. The van der Waals surface area contributed by atoms with Gasteiger partial charge in [-0.3, -0.25) is 0 Å². The number of aliphatic hydroxyl groups excluding tert-OH is 1. The summed E-state index contributed by atoms with van der Waals surface area (Å²) in [5.74, 6) is -0.259. The van der Waals surface area contributed by atoms with Crippen LogP contribution in [0.25, 0.3) is 11.1 Å². The lowest BCUT2D eigenvalue weighted by molar-refractivity contribution is 0.0601. The number of alkyl halides is 1. The molecule has 5 heteroatoms. The lowest BCUT2D eigenvalue weighted by atomic mass is 9.97. The topological polar surface area (TPSA) is 58.6 Å². The Balaban J connectivity index is 2.46. The Morgan fingerprint density at radius 1 is 1.23 bits per heavy atom. The Morgan fingerprint density at radius 3 is 2.59 bits per heavy atom. The van der Waals surface area contributed by atoms with Crippen LogP contribution < -0.4 is 5.32 Å². The highest BCUT2D eigenvalue weighted by molar-refractivity contribution is 6.18. The molecule has 4 nitrogen and oxygen atoms in total. The number of halogens is 1.